The molecule has 0 spiro atoms. The largest absolute Gasteiger partial charge is 0.507 e. The van der Waals surface area contributed by atoms with Gasteiger partial charge in [0, 0.05) is 12.0 Å². The number of Topliss-reactive ketones (excluding diaryl/α,β-unsaturated/α-hetero) is 1. The molecule has 1 rings (SSSR count). The Balaban J connectivity index is 3.10. The van der Waals surface area contributed by atoms with Gasteiger partial charge < -0.3 is 5.11 Å². The molecule has 0 unspecified atom stereocenters. The molecule has 0 saturated carbocycles. The van der Waals surface area contributed by atoms with Crippen molar-refractivity contribution in [1.29, 1.82) is 0 Å². The number of hydrogen-bond donors (Lipinski definition) is 1. The third kappa shape index (κ3) is 3.10. The molecule has 0 atom stereocenters. The molecule has 0 fully saturated rings. The lowest BCUT2D eigenvalue weighted by atomic mass is 10.0. The number of ketones is 1. The third-order valence-electron chi connectivity index (χ3n) is 1.92. The standard InChI is InChI=1S/C12H11BrO2/c1-2-11(14)10-8-9(4-3-7-13)5-6-12(10)15/h5-6,8,15H,2,7H2,1H3. The average Bonchev–Trinajstić information content (AvgIpc) is 2.27. The fraction of sp³-hybridized carbons (Fsp3) is 0.250. The second-order valence-electron chi connectivity index (χ2n) is 2.94. The Morgan fingerprint density at radius 1 is 1.53 bits per heavy atom. The number of carbonyl (C=O) groups excluding carboxylic acids is 1. The van der Waals surface area contributed by atoms with Crippen molar-refractivity contribution in [2.75, 3.05) is 5.33 Å². The monoisotopic (exact) mass is 266 g/mol. The van der Waals surface area contributed by atoms with Crippen LogP contribution in [-0.4, -0.2) is 16.2 Å². The van der Waals surface area contributed by atoms with Crippen LogP contribution in [0.3, 0.4) is 0 Å². The van der Waals surface area contributed by atoms with Crippen LogP contribution in [0, 0.1) is 11.8 Å². The van der Waals surface area contributed by atoms with E-state index in [1.54, 1.807) is 19.1 Å². The highest BCUT2D eigenvalue weighted by atomic mass is 79.9. The van der Waals surface area contributed by atoms with Crippen LogP contribution in [-0.2, 0) is 0 Å². The van der Waals surface area contributed by atoms with E-state index in [-0.39, 0.29) is 11.5 Å². The summed E-state index contributed by atoms with van der Waals surface area (Å²) in [5.74, 6) is 5.67. The van der Waals surface area contributed by atoms with Gasteiger partial charge in [-0.15, -0.1) is 0 Å². The van der Waals surface area contributed by atoms with Crippen molar-refractivity contribution in [2.45, 2.75) is 13.3 Å². The smallest absolute Gasteiger partial charge is 0.166 e. The van der Waals surface area contributed by atoms with Crippen molar-refractivity contribution in [2.24, 2.45) is 0 Å². The van der Waals surface area contributed by atoms with Crippen molar-refractivity contribution in [3.05, 3.63) is 29.3 Å². The molecule has 3 heteroatoms. The van der Waals surface area contributed by atoms with Crippen molar-refractivity contribution in [3.63, 3.8) is 0 Å². The van der Waals surface area contributed by atoms with Crippen LogP contribution in [0.2, 0.25) is 0 Å². The average molecular weight is 267 g/mol. The van der Waals surface area contributed by atoms with Crippen LogP contribution in [0.5, 0.6) is 5.75 Å². The minimum Gasteiger partial charge on any atom is -0.507 e. The lowest BCUT2D eigenvalue weighted by Crippen LogP contribution is -1.97. The maximum atomic E-state index is 11.4. The number of phenols is 1. The quantitative estimate of drug-likeness (QED) is 0.508. The van der Waals surface area contributed by atoms with E-state index in [4.69, 9.17) is 0 Å². The number of halogens is 1. The molecule has 78 valence electrons. The van der Waals surface area contributed by atoms with Gasteiger partial charge in [-0.1, -0.05) is 34.7 Å². The Kier molecular flexibility index (Phi) is 4.38. The summed E-state index contributed by atoms with van der Waals surface area (Å²) in [5, 5.41) is 10.1. The molecule has 0 amide bonds. The second-order valence-corrected chi connectivity index (χ2v) is 3.50. The molecule has 0 aliphatic heterocycles. The molecular weight excluding hydrogens is 256 g/mol. The second kappa shape index (κ2) is 5.57. The van der Waals surface area contributed by atoms with Gasteiger partial charge in [-0.05, 0) is 18.2 Å². The zero-order chi connectivity index (χ0) is 11.3. The molecule has 0 heterocycles. The number of carbonyl (C=O) groups is 1. The molecule has 0 aliphatic carbocycles. The summed E-state index contributed by atoms with van der Waals surface area (Å²) < 4.78 is 0. The first-order chi connectivity index (χ1) is 7.19. The molecule has 15 heavy (non-hydrogen) atoms. The first kappa shape index (κ1) is 11.8. The molecule has 0 aromatic heterocycles. The maximum absolute atomic E-state index is 11.4. The minimum atomic E-state index is -0.0741. The molecular formula is C12H11BrO2. The molecule has 1 N–H and O–H groups in total. The summed E-state index contributed by atoms with van der Waals surface area (Å²) in [4.78, 5) is 11.4. The van der Waals surface area contributed by atoms with Gasteiger partial charge in [-0.25, -0.2) is 0 Å². The number of benzene rings is 1. The van der Waals surface area contributed by atoms with Gasteiger partial charge in [-0.3, -0.25) is 4.79 Å². The highest BCUT2D eigenvalue weighted by Crippen LogP contribution is 2.19. The Morgan fingerprint density at radius 3 is 2.87 bits per heavy atom. The lowest BCUT2D eigenvalue weighted by molar-refractivity contribution is 0.0985. The summed E-state index contributed by atoms with van der Waals surface area (Å²) in [6.45, 7) is 1.76. The van der Waals surface area contributed by atoms with E-state index in [1.165, 1.54) is 6.07 Å². The van der Waals surface area contributed by atoms with Crippen LogP contribution in [0.25, 0.3) is 0 Å². The number of rotatable bonds is 2. The summed E-state index contributed by atoms with van der Waals surface area (Å²) >= 11 is 3.19. The van der Waals surface area contributed by atoms with Gasteiger partial charge in [0.1, 0.15) is 5.75 Å². The van der Waals surface area contributed by atoms with Crippen LogP contribution >= 0.6 is 15.9 Å². The predicted octanol–water partition coefficient (Wildman–Crippen LogP) is 2.73. The highest BCUT2D eigenvalue weighted by Gasteiger charge is 2.08. The van der Waals surface area contributed by atoms with E-state index in [1.807, 2.05) is 0 Å². The Hall–Kier alpha value is -1.27. The molecule has 0 bridgehead atoms. The van der Waals surface area contributed by atoms with Gasteiger partial charge in [0.05, 0.1) is 10.9 Å². The van der Waals surface area contributed by atoms with E-state index in [2.05, 4.69) is 27.8 Å². The van der Waals surface area contributed by atoms with Crippen molar-refractivity contribution < 1.29 is 9.90 Å². The number of phenolic OH excluding ortho intramolecular Hbond substituents is 1. The maximum Gasteiger partial charge on any atom is 0.166 e. The zero-order valence-corrected chi connectivity index (χ0v) is 9.97. The summed E-state index contributed by atoms with van der Waals surface area (Å²) in [7, 11) is 0. The third-order valence-corrected chi connectivity index (χ3v) is 2.20. The van der Waals surface area contributed by atoms with Gasteiger partial charge in [0.2, 0.25) is 0 Å². The number of aromatic hydroxyl groups is 1. The molecule has 1 aromatic rings. The van der Waals surface area contributed by atoms with Crippen LogP contribution in [0.4, 0.5) is 0 Å². The fourth-order valence-corrected chi connectivity index (χ4v) is 1.30. The van der Waals surface area contributed by atoms with Gasteiger partial charge in [-0.2, -0.15) is 0 Å². The van der Waals surface area contributed by atoms with Gasteiger partial charge >= 0.3 is 0 Å². The van der Waals surface area contributed by atoms with Crippen molar-refractivity contribution >= 4 is 21.7 Å². The van der Waals surface area contributed by atoms with Crippen molar-refractivity contribution in [1.82, 2.24) is 0 Å². The molecule has 1 aromatic carbocycles. The normalized spacial score (nSPS) is 9.20. The van der Waals surface area contributed by atoms with Crippen LogP contribution in [0.1, 0.15) is 29.3 Å². The van der Waals surface area contributed by atoms with Gasteiger partial charge in [0.25, 0.3) is 0 Å². The lowest BCUT2D eigenvalue weighted by Gasteiger charge is -2.02. The van der Waals surface area contributed by atoms with Crippen LogP contribution in [0.15, 0.2) is 18.2 Å². The zero-order valence-electron chi connectivity index (χ0n) is 8.38. The van der Waals surface area contributed by atoms with Crippen LogP contribution < -0.4 is 0 Å². The summed E-state index contributed by atoms with van der Waals surface area (Å²) in [6.07, 6.45) is 0.378. The molecule has 0 radical (unpaired) electrons. The molecule has 0 saturated heterocycles. The molecule has 0 aliphatic rings. The molecule has 2 nitrogen and oxygen atoms in total. The predicted molar refractivity (Wildman–Crippen MR) is 63.4 cm³/mol. The summed E-state index contributed by atoms with van der Waals surface area (Å²) in [6, 6.07) is 4.81. The fourth-order valence-electron chi connectivity index (χ4n) is 1.16. The van der Waals surface area contributed by atoms with Gasteiger partial charge in [0.15, 0.2) is 5.78 Å². The van der Waals surface area contributed by atoms with E-state index in [9.17, 15) is 9.90 Å². The SMILES string of the molecule is CCC(=O)c1cc(C#CCBr)ccc1O. The first-order valence-electron chi connectivity index (χ1n) is 4.60. The Labute approximate surface area is 97.4 Å². The minimum absolute atomic E-state index is 0.0197. The van der Waals surface area contributed by atoms with E-state index in [0.29, 0.717) is 17.3 Å². The topological polar surface area (TPSA) is 37.3 Å². The van der Waals surface area contributed by atoms with E-state index < -0.39 is 0 Å². The number of hydrogen-bond acceptors (Lipinski definition) is 2. The highest BCUT2D eigenvalue weighted by molar-refractivity contribution is 9.09. The Bertz CT molecular complexity index is 427. The number of alkyl halides is 1. The Morgan fingerprint density at radius 2 is 2.27 bits per heavy atom. The van der Waals surface area contributed by atoms with E-state index >= 15 is 0 Å². The first-order valence-corrected chi connectivity index (χ1v) is 5.72. The summed E-state index contributed by atoms with van der Waals surface area (Å²) in [5.41, 5.74) is 1.09. The van der Waals surface area contributed by atoms with E-state index in [0.717, 1.165) is 5.56 Å². The van der Waals surface area contributed by atoms with Crippen molar-refractivity contribution in [3.8, 4) is 17.6 Å².